The second kappa shape index (κ2) is 8.74. The molecule has 178 valence electrons. The SMILES string of the molecule is COCCCOc1cc2c(cc1OC)-c1c(cc(C(=O)O)c(=O)n1C1CC1)C(C(C)(C)C)O2. The molecule has 2 aliphatic rings. The van der Waals surface area contributed by atoms with Crippen molar-refractivity contribution < 1.29 is 28.8 Å². The zero-order chi connectivity index (χ0) is 23.9. The zero-order valence-corrected chi connectivity index (χ0v) is 19.8. The number of pyridine rings is 1. The van der Waals surface area contributed by atoms with Crippen molar-refractivity contribution in [1.82, 2.24) is 4.57 Å². The van der Waals surface area contributed by atoms with Crippen LogP contribution < -0.4 is 19.8 Å². The van der Waals surface area contributed by atoms with Crippen LogP contribution >= 0.6 is 0 Å². The lowest BCUT2D eigenvalue weighted by Crippen LogP contribution is -2.34. The Labute approximate surface area is 193 Å². The molecule has 1 unspecified atom stereocenters. The van der Waals surface area contributed by atoms with Gasteiger partial charge in [0.15, 0.2) is 11.5 Å². The average Bonchev–Trinajstić information content (AvgIpc) is 3.59. The minimum Gasteiger partial charge on any atom is -0.493 e. The zero-order valence-electron chi connectivity index (χ0n) is 19.8. The number of aromatic nitrogens is 1. The summed E-state index contributed by atoms with van der Waals surface area (Å²) in [5.41, 5.74) is 1.04. The first kappa shape index (κ1) is 23.2. The molecule has 1 aromatic heterocycles. The van der Waals surface area contributed by atoms with Crippen LogP contribution in [0.25, 0.3) is 11.3 Å². The van der Waals surface area contributed by atoms with Crippen LogP contribution in [0, 0.1) is 5.41 Å². The van der Waals surface area contributed by atoms with Gasteiger partial charge in [-0.05, 0) is 25.0 Å². The number of aromatic carboxylic acids is 1. The van der Waals surface area contributed by atoms with Gasteiger partial charge in [-0.25, -0.2) is 4.79 Å². The Kier molecular flexibility index (Phi) is 6.14. The number of nitrogens with zero attached hydrogens (tertiary/aromatic N) is 1. The van der Waals surface area contributed by atoms with Gasteiger partial charge in [0, 0.05) is 48.8 Å². The second-order valence-corrected chi connectivity index (χ2v) is 9.63. The third-order valence-electron chi connectivity index (χ3n) is 5.99. The van der Waals surface area contributed by atoms with Crippen LogP contribution in [0.2, 0.25) is 0 Å². The number of fused-ring (bicyclic) bond motifs is 3. The summed E-state index contributed by atoms with van der Waals surface area (Å²) in [6.07, 6.45) is 1.95. The first-order valence-electron chi connectivity index (χ1n) is 11.2. The molecule has 2 aromatic rings. The molecule has 0 radical (unpaired) electrons. The number of carboxylic acids is 1. The van der Waals surface area contributed by atoms with Crippen molar-refractivity contribution in [2.45, 2.75) is 52.2 Å². The molecule has 1 atom stereocenters. The lowest BCUT2D eigenvalue weighted by Gasteiger charge is -2.38. The normalized spacial score (nSPS) is 17.1. The van der Waals surface area contributed by atoms with E-state index >= 15 is 0 Å². The summed E-state index contributed by atoms with van der Waals surface area (Å²) in [6.45, 7) is 7.14. The quantitative estimate of drug-likeness (QED) is 0.585. The van der Waals surface area contributed by atoms with Crippen LogP contribution in [0.5, 0.6) is 17.2 Å². The van der Waals surface area contributed by atoms with E-state index in [1.54, 1.807) is 24.9 Å². The van der Waals surface area contributed by atoms with Gasteiger partial charge < -0.3 is 28.6 Å². The van der Waals surface area contributed by atoms with E-state index in [4.69, 9.17) is 18.9 Å². The summed E-state index contributed by atoms with van der Waals surface area (Å²) in [7, 11) is 3.21. The van der Waals surface area contributed by atoms with Gasteiger partial charge in [-0.3, -0.25) is 4.79 Å². The number of ether oxygens (including phenoxy) is 4. The number of hydrogen-bond acceptors (Lipinski definition) is 6. The van der Waals surface area contributed by atoms with Crippen molar-refractivity contribution in [2.75, 3.05) is 27.4 Å². The van der Waals surface area contributed by atoms with Crippen LogP contribution in [-0.4, -0.2) is 43.1 Å². The highest BCUT2D eigenvalue weighted by molar-refractivity contribution is 5.89. The standard InChI is InChI=1S/C25H31NO7/c1-25(2,3)22-16-11-17(24(28)29)23(27)26(14-7-8-14)21(16)15-12-19(31-5)20(13-18(15)33-22)32-10-6-9-30-4/h11-14,22H,6-10H2,1-5H3,(H,28,29). The molecular formula is C25H31NO7. The van der Waals surface area contributed by atoms with Crippen molar-refractivity contribution in [2.24, 2.45) is 5.41 Å². The summed E-state index contributed by atoms with van der Waals surface area (Å²) >= 11 is 0. The first-order valence-corrected chi connectivity index (χ1v) is 11.2. The first-order chi connectivity index (χ1) is 15.7. The topological polar surface area (TPSA) is 96.2 Å². The molecule has 8 nitrogen and oxygen atoms in total. The predicted octanol–water partition coefficient (Wildman–Crippen LogP) is 4.45. The average molecular weight is 458 g/mol. The van der Waals surface area contributed by atoms with Gasteiger partial charge >= 0.3 is 5.97 Å². The predicted molar refractivity (Wildman–Crippen MR) is 123 cm³/mol. The van der Waals surface area contributed by atoms with Crippen LogP contribution in [0.15, 0.2) is 23.0 Å². The summed E-state index contributed by atoms with van der Waals surface area (Å²) in [5.74, 6) is 0.424. The maximum Gasteiger partial charge on any atom is 0.341 e. The van der Waals surface area contributed by atoms with Gasteiger partial charge in [-0.2, -0.15) is 0 Å². The number of carboxylic acid groups (broad SMARTS) is 1. The largest absolute Gasteiger partial charge is 0.493 e. The number of rotatable bonds is 8. The molecule has 1 saturated carbocycles. The smallest absolute Gasteiger partial charge is 0.341 e. The maximum atomic E-state index is 13.2. The van der Waals surface area contributed by atoms with E-state index < -0.39 is 17.6 Å². The van der Waals surface area contributed by atoms with E-state index in [9.17, 15) is 14.7 Å². The molecule has 1 aliphatic carbocycles. The van der Waals surface area contributed by atoms with Crippen molar-refractivity contribution in [3.8, 4) is 28.5 Å². The number of carbonyl (C=O) groups is 1. The van der Waals surface area contributed by atoms with Gasteiger partial charge in [0.2, 0.25) is 0 Å². The number of benzene rings is 1. The van der Waals surface area contributed by atoms with E-state index in [1.165, 1.54) is 6.07 Å². The van der Waals surface area contributed by atoms with E-state index in [0.717, 1.165) is 19.3 Å². The molecule has 33 heavy (non-hydrogen) atoms. The van der Waals surface area contributed by atoms with Gasteiger partial charge in [-0.1, -0.05) is 20.8 Å². The fourth-order valence-corrected chi connectivity index (χ4v) is 4.29. The molecular weight excluding hydrogens is 426 g/mol. The molecule has 1 aliphatic heterocycles. The van der Waals surface area contributed by atoms with Crippen LogP contribution in [0.1, 0.15) is 68.1 Å². The Morgan fingerprint density at radius 2 is 1.88 bits per heavy atom. The lowest BCUT2D eigenvalue weighted by molar-refractivity contribution is 0.0688. The Bertz CT molecular complexity index is 1130. The third-order valence-corrected chi connectivity index (χ3v) is 5.99. The van der Waals surface area contributed by atoms with Gasteiger partial charge in [-0.15, -0.1) is 0 Å². The summed E-state index contributed by atoms with van der Waals surface area (Å²) in [4.78, 5) is 25.1. The second-order valence-electron chi connectivity index (χ2n) is 9.63. The molecule has 0 spiro atoms. The van der Waals surface area contributed by atoms with Crippen molar-refractivity contribution in [3.05, 3.63) is 39.7 Å². The Morgan fingerprint density at radius 3 is 2.45 bits per heavy atom. The van der Waals surface area contributed by atoms with E-state index in [1.807, 2.05) is 26.8 Å². The Balaban J connectivity index is 1.93. The maximum absolute atomic E-state index is 13.2. The van der Waals surface area contributed by atoms with Crippen LogP contribution in [0.4, 0.5) is 0 Å². The van der Waals surface area contributed by atoms with E-state index in [2.05, 4.69) is 0 Å². The number of methoxy groups -OCH3 is 2. The summed E-state index contributed by atoms with van der Waals surface area (Å²) < 4.78 is 24.7. The fourth-order valence-electron chi connectivity index (χ4n) is 4.29. The van der Waals surface area contributed by atoms with Gasteiger partial charge in [0.1, 0.15) is 17.4 Å². The molecule has 0 saturated heterocycles. The fraction of sp³-hybridized carbons (Fsp3) is 0.520. The van der Waals surface area contributed by atoms with Crippen LogP contribution in [-0.2, 0) is 4.74 Å². The Hall–Kier alpha value is -3.00. The monoisotopic (exact) mass is 457 g/mol. The molecule has 0 bridgehead atoms. The minimum absolute atomic E-state index is 0.0203. The molecule has 1 aromatic carbocycles. The Morgan fingerprint density at radius 1 is 1.15 bits per heavy atom. The van der Waals surface area contributed by atoms with Gasteiger partial charge in [0.25, 0.3) is 5.56 Å². The highest BCUT2D eigenvalue weighted by Crippen LogP contribution is 2.53. The lowest BCUT2D eigenvalue weighted by atomic mass is 9.80. The van der Waals surface area contributed by atoms with Crippen LogP contribution in [0.3, 0.4) is 0 Å². The summed E-state index contributed by atoms with van der Waals surface area (Å²) in [6, 6.07) is 5.08. The molecule has 0 amide bonds. The molecule has 1 fully saturated rings. The van der Waals surface area contributed by atoms with Crippen molar-refractivity contribution >= 4 is 5.97 Å². The summed E-state index contributed by atoms with van der Waals surface area (Å²) in [5, 5.41) is 9.72. The molecule has 1 N–H and O–H groups in total. The third kappa shape index (κ3) is 4.31. The minimum atomic E-state index is -1.23. The number of hydrogen-bond donors (Lipinski definition) is 1. The highest BCUT2D eigenvalue weighted by Gasteiger charge is 2.41. The molecule has 2 heterocycles. The van der Waals surface area contributed by atoms with Crippen molar-refractivity contribution in [3.63, 3.8) is 0 Å². The van der Waals surface area contributed by atoms with Crippen molar-refractivity contribution in [1.29, 1.82) is 0 Å². The van der Waals surface area contributed by atoms with E-state index in [0.29, 0.717) is 47.3 Å². The molecule has 8 heteroatoms. The highest BCUT2D eigenvalue weighted by atomic mass is 16.5. The molecule has 4 rings (SSSR count). The van der Waals surface area contributed by atoms with E-state index in [-0.39, 0.29) is 17.0 Å². The van der Waals surface area contributed by atoms with Gasteiger partial charge in [0.05, 0.1) is 19.4 Å².